The van der Waals surface area contributed by atoms with Crippen molar-refractivity contribution >= 4 is 27.3 Å². The lowest BCUT2D eigenvalue weighted by Gasteiger charge is -2.34. The van der Waals surface area contributed by atoms with Crippen molar-refractivity contribution in [3.05, 3.63) is 58.3 Å². The Labute approximate surface area is 152 Å². The number of rotatable bonds is 6. The van der Waals surface area contributed by atoms with Crippen molar-refractivity contribution in [2.45, 2.75) is 18.6 Å². The summed E-state index contributed by atoms with van der Waals surface area (Å²) in [4.78, 5) is 15.3. The normalized spacial score (nSPS) is 16.1. The number of benzene rings is 1. The zero-order valence-corrected chi connectivity index (χ0v) is 15.6. The van der Waals surface area contributed by atoms with Crippen molar-refractivity contribution in [3.8, 4) is 0 Å². The Bertz CT molecular complexity index is 781. The van der Waals surface area contributed by atoms with E-state index in [1.807, 2.05) is 47.8 Å². The molecule has 3 rings (SSSR count). The molecule has 134 valence electrons. The first-order chi connectivity index (χ1) is 12.0. The highest BCUT2D eigenvalue weighted by atomic mass is 32.2. The van der Waals surface area contributed by atoms with Gasteiger partial charge in [0, 0.05) is 37.5 Å². The van der Waals surface area contributed by atoms with E-state index < -0.39 is 10.0 Å². The molecule has 1 aliphatic heterocycles. The third-order valence-corrected chi connectivity index (χ3v) is 7.13. The second kappa shape index (κ2) is 8.12. The molecule has 1 saturated heterocycles. The largest absolute Gasteiger partial charge is 0.340 e. The summed E-state index contributed by atoms with van der Waals surface area (Å²) in [5.41, 5.74) is 0.789. The van der Waals surface area contributed by atoms with Crippen LogP contribution in [0.5, 0.6) is 0 Å². The van der Waals surface area contributed by atoms with Crippen molar-refractivity contribution in [2.75, 3.05) is 26.2 Å². The van der Waals surface area contributed by atoms with Crippen LogP contribution in [-0.4, -0.2) is 49.7 Å². The minimum absolute atomic E-state index is 0.0141. The van der Waals surface area contributed by atoms with E-state index in [9.17, 15) is 13.2 Å². The molecule has 0 saturated carbocycles. The first kappa shape index (κ1) is 18.1. The molecule has 0 atom stereocenters. The quantitative estimate of drug-likeness (QED) is 0.775. The summed E-state index contributed by atoms with van der Waals surface area (Å²) >= 11 is 1.66. The topological polar surface area (TPSA) is 57.7 Å². The third kappa shape index (κ3) is 4.90. The number of amides is 1. The van der Waals surface area contributed by atoms with Crippen molar-refractivity contribution in [1.82, 2.24) is 9.21 Å². The zero-order chi connectivity index (χ0) is 17.7. The molecule has 0 N–H and O–H groups in total. The minimum Gasteiger partial charge on any atom is -0.340 e. The van der Waals surface area contributed by atoms with Gasteiger partial charge in [0.05, 0.1) is 5.75 Å². The van der Waals surface area contributed by atoms with E-state index in [4.69, 9.17) is 0 Å². The number of piperazine rings is 1. The lowest BCUT2D eigenvalue weighted by atomic mass is 10.2. The molecule has 25 heavy (non-hydrogen) atoms. The van der Waals surface area contributed by atoms with Crippen LogP contribution in [0.1, 0.15) is 16.9 Å². The van der Waals surface area contributed by atoms with Crippen molar-refractivity contribution in [1.29, 1.82) is 0 Å². The molecule has 1 aromatic carbocycles. The molecule has 0 radical (unpaired) electrons. The fraction of sp³-hybridized carbons (Fsp3) is 0.389. The molecule has 0 spiro atoms. The smallest absolute Gasteiger partial charge is 0.223 e. The molecular formula is C18H22N2O3S2. The van der Waals surface area contributed by atoms with E-state index >= 15 is 0 Å². The second-order valence-electron chi connectivity index (χ2n) is 6.10. The fourth-order valence-corrected chi connectivity index (χ4v) is 5.16. The highest BCUT2D eigenvalue weighted by Crippen LogP contribution is 2.16. The van der Waals surface area contributed by atoms with Gasteiger partial charge in [-0.05, 0) is 23.4 Å². The minimum atomic E-state index is -3.34. The predicted molar refractivity (Wildman–Crippen MR) is 99.9 cm³/mol. The molecule has 0 unspecified atom stereocenters. The molecule has 7 heteroatoms. The molecule has 0 bridgehead atoms. The van der Waals surface area contributed by atoms with Gasteiger partial charge in [0.2, 0.25) is 15.9 Å². The molecule has 2 heterocycles. The number of hydrogen-bond donors (Lipinski definition) is 0. The summed E-state index contributed by atoms with van der Waals surface area (Å²) in [6, 6.07) is 13.2. The van der Waals surface area contributed by atoms with E-state index in [0.29, 0.717) is 32.6 Å². The van der Waals surface area contributed by atoms with Crippen LogP contribution in [0.15, 0.2) is 47.8 Å². The van der Waals surface area contributed by atoms with E-state index in [2.05, 4.69) is 0 Å². The Morgan fingerprint density at radius 3 is 2.36 bits per heavy atom. The molecule has 1 aromatic heterocycles. The highest BCUT2D eigenvalue weighted by Gasteiger charge is 2.28. The van der Waals surface area contributed by atoms with E-state index in [1.54, 1.807) is 16.2 Å². The van der Waals surface area contributed by atoms with Gasteiger partial charge in [-0.3, -0.25) is 4.79 Å². The van der Waals surface area contributed by atoms with E-state index in [1.165, 1.54) is 9.18 Å². The Kier molecular flexibility index (Phi) is 5.88. The second-order valence-corrected chi connectivity index (χ2v) is 9.10. The van der Waals surface area contributed by atoms with Gasteiger partial charge in [-0.2, -0.15) is 4.31 Å². The predicted octanol–water partition coefficient (Wildman–Crippen LogP) is 2.35. The summed E-state index contributed by atoms with van der Waals surface area (Å²) in [7, 11) is -3.34. The number of aryl methyl sites for hydroxylation is 1. The van der Waals surface area contributed by atoms with Crippen LogP contribution >= 0.6 is 11.3 Å². The number of sulfonamides is 1. The number of carbonyl (C=O) groups is 1. The van der Waals surface area contributed by atoms with Gasteiger partial charge in [-0.1, -0.05) is 36.4 Å². The van der Waals surface area contributed by atoms with Gasteiger partial charge in [-0.15, -0.1) is 11.3 Å². The summed E-state index contributed by atoms with van der Waals surface area (Å²) in [5, 5.41) is 2.01. The van der Waals surface area contributed by atoms with Crippen molar-refractivity contribution in [2.24, 2.45) is 0 Å². The maximum Gasteiger partial charge on any atom is 0.223 e. The highest BCUT2D eigenvalue weighted by molar-refractivity contribution is 7.88. The van der Waals surface area contributed by atoms with Gasteiger partial charge in [-0.25, -0.2) is 8.42 Å². The van der Waals surface area contributed by atoms with Crippen molar-refractivity contribution < 1.29 is 13.2 Å². The molecule has 2 aromatic rings. The number of carbonyl (C=O) groups excluding carboxylic acids is 1. The molecule has 5 nitrogen and oxygen atoms in total. The number of thiophene rings is 1. The summed E-state index contributed by atoms with van der Waals surface area (Å²) in [6.45, 7) is 1.69. The monoisotopic (exact) mass is 378 g/mol. The average molecular weight is 379 g/mol. The van der Waals surface area contributed by atoms with Gasteiger partial charge >= 0.3 is 0 Å². The first-order valence-electron chi connectivity index (χ1n) is 8.36. The summed E-state index contributed by atoms with van der Waals surface area (Å²) in [6.07, 6.45) is 1.24. The number of hydrogen-bond acceptors (Lipinski definition) is 4. The zero-order valence-electron chi connectivity index (χ0n) is 14.0. The molecule has 1 fully saturated rings. The Hall–Kier alpha value is -1.70. The van der Waals surface area contributed by atoms with Gasteiger partial charge in [0.25, 0.3) is 0 Å². The van der Waals surface area contributed by atoms with Crippen LogP contribution in [0.3, 0.4) is 0 Å². The van der Waals surface area contributed by atoms with Gasteiger partial charge in [0.15, 0.2) is 0 Å². The summed E-state index contributed by atoms with van der Waals surface area (Å²) < 4.78 is 26.6. The lowest BCUT2D eigenvalue weighted by molar-refractivity contribution is -0.132. The molecule has 1 aliphatic rings. The van der Waals surface area contributed by atoms with Crippen LogP contribution < -0.4 is 0 Å². The van der Waals surface area contributed by atoms with Crippen molar-refractivity contribution in [3.63, 3.8) is 0 Å². The van der Waals surface area contributed by atoms with Gasteiger partial charge < -0.3 is 4.90 Å². The fourth-order valence-electron chi connectivity index (χ4n) is 2.93. The lowest BCUT2D eigenvalue weighted by Crippen LogP contribution is -2.50. The molecule has 1 amide bonds. The Balaban J connectivity index is 1.50. The standard InChI is InChI=1S/C18H22N2O3S2/c21-18(9-8-17-7-4-14-24-17)19-10-12-20(13-11-19)25(22,23)15-16-5-2-1-3-6-16/h1-7,14H,8-13,15H2. The molecular weight excluding hydrogens is 356 g/mol. The average Bonchev–Trinajstić information content (AvgIpc) is 3.14. The number of nitrogens with zero attached hydrogens (tertiary/aromatic N) is 2. The maximum absolute atomic E-state index is 12.5. The Morgan fingerprint density at radius 2 is 1.72 bits per heavy atom. The van der Waals surface area contributed by atoms with Gasteiger partial charge in [0.1, 0.15) is 0 Å². The third-order valence-electron chi connectivity index (χ3n) is 4.34. The van der Waals surface area contributed by atoms with Crippen LogP contribution in [0.4, 0.5) is 0 Å². The molecule has 0 aliphatic carbocycles. The van der Waals surface area contributed by atoms with Crippen LogP contribution in [0, 0.1) is 0 Å². The maximum atomic E-state index is 12.5. The Morgan fingerprint density at radius 1 is 1.00 bits per heavy atom. The van der Waals surface area contributed by atoms with Crippen LogP contribution in [-0.2, 0) is 27.0 Å². The van der Waals surface area contributed by atoms with E-state index in [0.717, 1.165) is 12.0 Å². The van der Waals surface area contributed by atoms with Crippen LogP contribution in [0.2, 0.25) is 0 Å². The summed E-state index contributed by atoms with van der Waals surface area (Å²) in [5.74, 6) is 0.119. The van der Waals surface area contributed by atoms with E-state index in [-0.39, 0.29) is 11.7 Å². The first-order valence-corrected chi connectivity index (χ1v) is 10.9. The van der Waals surface area contributed by atoms with Crippen LogP contribution in [0.25, 0.3) is 0 Å². The SMILES string of the molecule is O=C(CCc1cccs1)N1CCN(S(=O)(=O)Cc2ccccc2)CC1.